The lowest BCUT2D eigenvalue weighted by Crippen LogP contribution is -2.61. The Morgan fingerprint density at radius 1 is 0.782 bits per heavy atom. The number of phenols is 2. The number of methoxy groups -OCH3 is 1. The molecule has 6 amide bonds. The number of aliphatic hydroxyl groups is 8. The Hall–Kier alpha value is -6.73. The molecule has 2 aromatic rings. The third-order valence-electron chi connectivity index (χ3n) is 13.8. The first-order valence-corrected chi connectivity index (χ1v) is 24.8. The topological polar surface area (TPSA) is 470 Å². The number of carbonyl (C=O) groups is 9. The fourth-order valence-corrected chi connectivity index (χ4v) is 9.42. The molecule has 1 aliphatic heterocycles. The number of ether oxygens (including phenoxy) is 3. The molecule has 11 unspecified atom stereocenters. The highest BCUT2D eigenvalue weighted by atomic mass is 16.7. The first kappa shape index (κ1) is 62.1. The zero-order chi connectivity index (χ0) is 58.6. The number of benzene rings is 2. The molecule has 17 N–H and O–H groups in total. The maximum atomic E-state index is 14.1. The number of amides is 6. The minimum atomic E-state index is -2.49. The molecule has 78 heavy (non-hydrogen) atoms. The average Bonchev–Trinajstić information content (AvgIpc) is 3.48. The number of rotatable bonds is 23. The molecule has 28 nitrogen and oxygen atoms in total. The molecule has 15 atom stereocenters. The number of hydrogen-bond donors (Lipinski definition) is 16. The molecule has 28 heteroatoms. The van der Waals surface area contributed by atoms with E-state index in [0.29, 0.717) is 0 Å². The summed E-state index contributed by atoms with van der Waals surface area (Å²) in [6.45, 7) is 6.94. The van der Waals surface area contributed by atoms with E-state index >= 15 is 0 Å². The number of aliphatic hydroxyl groups excluding tert-OH is 7. The molecule has 0 aromatic heterocycles. The van der Waals surface area contributed by atoms with Crippen molar-refractivity contribution in [3.63, 3.8) is 0 Å². The van der Waals surface area contributed by atoms with E-state index in [9.17, 15) is 94.2 Å². The summed E-state index contributed by atoms with van der Waals surface area (Å²) in [6, 6.07) is -3.35. The molecule has 1 fully saturated rings. The molecule has 1 saturated heterocycles. The summed E-state index contributed by atoms with van der Waals surface area (Å²) in [7, 11) is 1.25. The van der Waals surface area contributed by atoms with Gasteiger partial charge in [-0.15, -0.1) is 0 Å². The predicted octanol–water partition coefficient (Wildman–Crippen LogP) is -5.12. The number of carbonyl (C=O) groups excluding carboxylic acids is 9. The second-order valence-corrected chi connectivity index (χ2v) is 20.2. The van der Waals surface area contributed by atoms with E-state index in [1.165, 1.54) is 32.2 Å². The SMILES string of the molecule is COc1cccc2c1C(=O)c1c(O)c3c(c(O)c1C2=O)C[C@@](O)(C(=O)CO)C[C@@H]3O[C@@H]1CC(NC(=O)C(CC(C)C)NC(=O)C(CC(N)=O)NC(=O)C(C)NC(=O)C(C)NC(=O)C(O)C(O)C(O)C(O)C(C)O)[C@@H](O)C(C)O1. The highest BCUT2D eigenvalue weighted by Gasteiger charge is 2.51. The van der Waals surface area contributed by atoms with E-state index < -0.39 is 199 Å². The number of fused-ring (bicyclic) bond motifs is 3. The normalized spacial score (nSPS) is 24.2. The van der Waals surface area contributed by atoms with Crippen molar-refractivity contribution in [2.75, 3.05) is 13.7 Å². The molecule has 430 valence electrons. The smallest absolute Gasteiger partial charge is 0.252 e. The van der Waals surface area contributed by atoms with Gasteiger partial charge in [0.2, 0.25) is 35.3 Å². The molecular weight excluding hydrogens is 1040 g/mol. The van der Waals surface area contributed by atoms with Crippen molar-refractivity contribution in [2.24, 2.45) is 11.7 Å². The largest absolute Gasteiger partial charge is 0.507 e. The standard InChI is InChI=1S/C50H68N6O22/c1-17(2)11-25(56-48(73)26(12-30(51)60)55-46(71)19(4)52-45(70)18(3)53-49(74)44(69)43(68)42(67)36(61)20(5)58)47(72)54-24-13-31(77-21(6)37(24)62)78-28-15-50(75,29(59)16-57)14-23-33(28)41(66)35-34(39(23)64)38(63)22-9-8-10-27(76-7)32(22)40(35)65/h8-10,17-21,24-26,28,31,36-37,42-44,57-58,61-62,64,66-69,75H,11-16H2,1-7H3,(H2,51,60)(H,52,70)(H,53,74)(H,54,72)(H,55,71)(H,56,73)/t18?,19?,20?,21?,24?,25?,26?,28-,31+,36?,37-,42?,43?,44?,50-/m0/s1. The number of aromatic hydroxyl groups is 2. The molecule has 2 aromatic carbocycles. The fourth-order valence-electron chi connectivity index (χ4n) is 9.42. The van der Waals surface area contributed by atoms with Gasteiger partial charge in [-0.1, -0.05) is 26.0 Å². The number of hydrogen-bond acceptors (Lipinski definition) is 22. The lowest BCUT2D eigenvalue weighted by molar-refractivity contribution is -0.249. The number of nitrogens with two attached hydrogens (primary N) is 1. The van der Waals surface area contributed by atoms with Gasteiger partial charge in [0.1, 0.15) is 78.0 Å². The average molecular weight is 1110 g/mol. The lowest BCUT2D eigenvalue weighted by atomic mass is 9.72. The molecule has 3 aliphatic rings. The molecule has 0 spiro atoms. The summed E-state index contributed by atoms with van der Waals surface area (Å²) < 4.78 is 17.5. The summed E-state index contributed by atoms with van der Waals surface area (Å²) in [5.41, 5.74) is 0.593. The third-order valence-corrected chi connectivity index (χ3v) is 13.8. The molecular formula is C50H68N6O22. The van der Waals surface area contributed by atoms with Gasteiger partial charge in [-0.3, -0.25) is 43.2 Å². The van der Waals surface area contributed by atoms with Crippen LogP contribution in [0, 0.1) is 5.92 Å². The van der Waals surface area contributed by atoms with Gasteiger partial charge in [0.05, 0.1) is 54.6 Å². The Morgan fingerprint density at radius 3 is 1.95 bits per heavy atom. The number of primary amides is 1. The van der Waals surface area contributed by atoms with Crippen LogP contribution in [-0.4, -0.2) is 202 Å². The van der Waals surface area contributed by atoms with Crippen molar-refractivity contribution < 1.29 is 108 Å². The van der Waals surface area contributed by atoms with Crippen molar-refractivity contribution in [3.8, 4) is 17.2 Å². The van der Waals surface area contributed by atoms with Crippen LogP contribution in [0.15, 0.2) is 18.2 Å². The maximum absolute atomic E-state index is 14.1. The monoisotopic (exact) mass is 1100 g/mol. The van der Waals surface area contributed by atoms with Gasteiger partial charge < -0.3 is 97.6 Å². The van der Waals surface area contributed by atoms with Crippen LogP contribution in [0.1, 0.15) is 116 Å². The van der Waals surface area contributed by atoms with E-state index in [-0.39, 0.29) is 40.3 Å². The number of nitrogens with one attached hydrogen (secondary N) is 5. The van der Waals surface area contributed by atoms with Gasteiger partial charge in [-0.05, 0) is 46.1 Å². The quantitative estimate of drug-likeness (QED) is 0.0395. The molecule has 0 radical (unpaired) electrons. The Kier molecular flexibility index (Phi) is 20.2. The minimum Gasteiger partial charge on any atom is -0.507 e. The van der Waals surface area contributed by atoms with Crippen LogP contribution in [0.5, 0.6) is 17.2 Å². The maximum Gasteiger partial charge on any atom is 0.252 e. The molecule has 5 rings (SSSR count). The van der Waals surface area contributed by atoms with Gasteiger partial charge in [0.25, 0.3) is 5.91 Å². The first-order chi connectivity index (χ1) is 36.4. The van der Waals surface area contributed by atoms with Crippen LogP contribution in [0.3, 0.4) is 0 Å². The fraction of sp³-hybridized carbons (Fsp3) is 0.580. The van der Waals surface area contributed by atoms with E-state index in [2.05, 4.69) is 21.3 Å². The lowest BCUT2D eigenvalue weighted by Gasteiger charge is -2.43. The van der Waals surface area contributed by atoms with Crippen LogP contribution < -0.4 is 37.1 Å². The first-order valence-electron chi connectivity index (χ1n) is 24.8. The highest BCUT2D eigenvalue weighted by Crippen LogP contribution is 2.52. The molecule has 1 heterocycles. The Morgan fingerprint density at radius 2 is 1.37 bits per heavy atom. The summed E-state index contributed by atoms with van der Waals surface area (Å²) in [6.07, 6.45) is -18.9. The second-order valence-electron chi connectivity index (χ2n) is 20.2. The van der Waals surface area contributed by atoms with Crippen LogP contribution in [0.2, 0.25) is 0 Å². The minimum absolute atomic E-state index is 0.0181. The van der Waals surface area contributed by atoms with Crippen LogP contribution in [-0.2, 0) is 49.5 Å². The van der Waals surface area contributed by atoms with E-state index in [1.807, 2.05) is 5.32 Å². The van der Waals surface area contributed by atoms with Gasteiger partial charge in [0, 0.05) is 36.0 Å². The van der Waals surface area contributed by atoms with Gasteiger partial charge in [-0.2, -0.15) is 0 Å². The Balaban J connectivity index is 1.32. The summed E-state index contributed by atoms with van der Waals surface area (Å²) in [5, 5.41) is 118. The van der Waals surface area contributed by atoms with Crippen LogP contribution in [0.4, 0.5) is 0 Å². The van der Waals surface area contributed by atoms with E-state index in [4.69, 9.17) is 19.9 Å². The number of Topliss-reactive ketones (excluding diaryl/α,β-unsaturated/α-hetero) is 1. The Labute approximate surface area is 445 Å². The van der Waals surface area contributed by atoms with Gasteiger partial charge in [-0.25, -0.2) is 0 Å². The summed E-state index contributed by atoms with van der Waals surface area (Å²) >= 11 is 0. The van der Waals surface area contributed by atoms with Crippen molar-refractivity contribution in [3.05, 3.63) is 51.6 Å². The second kappa shape index (κ2) is 25.4. The van der Waals surface area contributed by atoms with E-state index in [1.54, 1.807) is 13.8 Å². The Bertz CT molecular complexity index is 2670. The predicted molar refractivity (Wildman–Crippen MR) is 264 cm³/mol. The van der Waals surface area contributed by atoms with Gasteiger partial charge in [0.15, 0.2) is 24.0 Å². The number of phenolic OH excluding ortho intramolecular Hbond substituents is 2. The summed E-state index contributed by atoms with van der Waals surface area (Å²) in [5.74, 6) is -11.6. The van der Waals surface area contributed by atoms with Gasteiger partial charge >= 0.3 is 0 Å². The highest BCUT2D eigenvalue weighted by molar-refractivity contribution is 6.31. The van der Waals surface area contributed by atoms with E-state index in [0.717, 1.165) is 20.8 Å². The molecule has 0 saturated carbocycles. The zero-order valence-corrected chi connectivity index (χ0v) is 43.6. The van der Waals surface area contributed by atoms with Crippen molar-refractivity contribution in [2.45, 2.75) is 165 Å². The zero-order valence-electron chi connectivity index (χ0n) is 43.6. The number of ketones is 3. The van der Waals surface area contributed by atoms with Crippen molar-refractivity contribution in [1.29, 1.82) is 0 Å². The van der Waals surface area contributed by atoms with Crippen molar-refractivity contribution in [1.82, 2.24) is 26.6 Å². The molecule has 2 aliphatic carbocycles. The third kappa shape index (κ3) is 13.4. The van der Waals surface area contributed by atoms with Crippen LogP contribution >= 0.6 is 0 Å². The van der Waals surface area contributed by atoms with Crippen LogP contribution in [0.25, 0.3) is 0 Å². The molecule has 0 bridgehead atoms. The van der Waals surface area contributed by atoms with Crippen molar-refractivity contribution >= 4 is 52.8 Å². The summed E-state index contributed by atoms with van der Waals surface area (Å²) in [4.78, 5) is 120.